The van der Waals surface area contributed by atoms with Crippen LogP contribution in [0, 0.1) is 5.82 Å². The molecule has 4 rings (SSSR count). The Kier molecular flexibility index (Phi) is 2.89. The van der Waals surface area contributed by atoms with E-state index in [0.717, 1.165) is 15.0 Å². The van der Waals surface area contributed by atoms with Crippen LogP contribution in [-0.4, -0.2) is 15.0 Å². The van der Waals surface area contributed by atoms with Gasteiger partial charge < -0.3 is 4.98 Å². The number of benzene rings is 1. The maximum atomic E-state index is 13.2. The molecule has 0 amide bonds. The molecule has 104 valence electrons. The van der Waals surface area contributed by atoms with Crippen LogP contribution >= 0.6 is 34.5 Å². The number of halogens is 3. The van der Waals surface area contributed by atoms with Gasteiger partial charge in [0.15, 0.2) is 11.5 Å². The van der Waals surface area contributed by atoms with Crippen molar-refractivity contribution in [2.24, 2.45) is 0 Å². The highest BCUT2D eigenvalue weighted by molar-refractivity contribution is 7.22. The Morgan fingerprint density at radius 1 is 1.10 bits per heavy atom. The lowest BCUT2D eigenvalue weighted by molar-refractivity contribution is 0.630. The number of hydrogen-bond acceptors (Lipinski definition) is 3. The monoisotopic (exact) mass is 337 g/mol. The van der Waals surface area contributed by atoms with Crippen LogP contribution in [0.2, 0.25) is 10.2 Å². The van der Waals surface area contributed by atoms with Gasteiger partial charge in [-0.1, -0.05) is 29.3 Å². The Hall–Kier alpha value is -1.69. The van der Waals surface area contributed by atoms with Gasteiger partial charge in [0.2, 0.25) is 0 Å². The van der Waals surface area contributed by atoms with Crippen molar-refractivity contribution in [3.8, 4) is 10.7 Å². The Balaban J connectivity index is 1.91. The number of pyridine rings is 1. The SMILES string of the molecule is Fc1ccc2cc(-c3nc4nc(Cl)c(Cl)cc4[nH]3)sc2c1. The van der Waals surface area contributed by atoms with Crippen LogP contribution in [0.3, 0.4) is 0 Å². The second-order valence-electron chi connectivity index (χ2n) is 4.51. The number of fused-ring (bicyclic) bond motifs is 2. The molecule has 0 aliphatic heterocycles. The van der Waals surface area contributed by atoms with Crippen LogP contribution in [0.4, 0.5) is 4.39 Å². The van der Waals surface area contributed by atoms with E-state index in [1.807, 2.05) is 6.07 Å². The Morgan fingerprint density at radius 3 is 2.81 bits per heavy atom. The van der Waals surface area contributed by atoms with Gasteiger partial charge in [-0.15, -0.1) is 11.3 Å². The largest absolute Gasteiger partial charge is 0.336 e. The van der Waals surface area contributed by atoms with Crippen molar-refractivity contribution in [1.82, 2.24) is 15.0 Å². The zero-order valence-electron chi connectivity index (χ0n) is 10.3. The third-order valence-electron chi connectivity index (χ3n) is 3.10. The second kappa shape index (κ2) is 4.66. The van der Waals surface area contributed by atoms with Crippen LogP contribution in [0.1, 0.15) is 0 Å². The van der Waals surface area contributed by atoms with Gasteiger partial charge in [0.1, 0.15) is 11.0 Å². The Morgan fingerprint density at radius 2 is 1.95 bits per heavy atom. The Labute approximate surface area is 132 Å². The molecule has 3 aromatic heterocycles. The molecule has 21 heavy (non-hydrogen) atoms. The third-order valence-corrected chi connectivity index (χ3v) is 4.88. The highest BCUT2D eigenvalue weighted by Crippen LogP contribution is 2.34. The first kappa shape index (κ1) is 13.0. The minimum Gasteiger partial charge on any atom is -0.336 e. The molecule has 1 N–H and O–H groups in total. The quantitative estimate of drug-likeness (QED) is 0.480. The van der Waals surface area contributed by atoms with Gasteiger partial charge in [-0.25, -0.2) is 14.4 Å². The molecule has 3 nitrogen and oxygen atoms in total. The highest BCUT2D eigenvalue weighted by Gasteiger charge is 2.12. The van der Waals surface area contributed by atoms with Gasteiger partial charge in [0.05, 0.1) is 15.4 Å². The number of rotatable bonds is 1. The van der Waals surface area contributed by atoms with Gasteiger partial charge in [-0.05, 0) is 29.7 Å². The molecule has 0 saturated heterocycles. The molecule has 0 aliphatic carbocycles. The normalized spacial score (nSPS) is 11.6. The van der Waals surface area contributed by atoms with E-state index >= 15 is 0 Å². The molecular weight excluding hydrogens is 332 g/mol. The standard InChI is InChI=1S/C14H6Cl2FN3S/c15-8-5-9-13(19-12(8)16)20-14(18-9)11-3-6-1-2-7(17)4-10(6)21-11/h1-5H,(H,18,19,20). The average Bonchev–Trinajstić information content (AvgIpc) is 3.02. The van der Waals surface area contributed by atoms with Gasteiger partial charge in [-0.2, -0.15) is 0 Å². The van der Waals surface area contributed by atoms with Crippen LogP contribution < -0.4 is 0 Å². The molecule has 0 aliphatic rings. The van der Waals surface area contributed by atoms with E-state index in [0.29, 0.717) is 22.0 Å². The predicted octanol–water partition coefficient (Wildman–Crippen LogP) is 5.29. The molecule has 0 radical (unpaired) electrons. The van der Waals surface area contributed by atoms with Crippen LogP contribution in [0.5, 0.6) is 0 Å². The Bertz CT molecular complexity index is 954. The van der Waals surface area contributed by atoms with Crippen molar-refractivity contribution in [1.29, 1.82) is 0 Å². The predicted molar refractivity (Wildman–Crippen MR) is 84.7 cm³/mol. The summed E-state index contributed by atoms with van der Waals surface area (Å²) in [6.07, 6.45) is 0. The maximum absolute atomic E-state index is 13.2. The highest BCUT2D eigenvalue weighted by atomic mass is 35.5. The van der Waals surface area contributed by atoms with Gasteiger partial charge >= 0.3 is 0 Å². The third kappa shape index (κ3) is 2.18. The maximum Gasteiger partial charge on any atom is 0.179 e. The summed E-state index contributed by atoms with van der Waals surface area (Å²) in [7, 11) is 0. The molecule has 7 heteroatoms. The van der Waals surface area contributed by atoms with Crippen molar-refractivity contribution < 1.29 is 4.39 Å². The van der Waals surface area contributed by atoms with Crippen LogP contribution in [0.25, 0.3) is 32.0 Å². The zero-order valence-corrected chi connectivity index (χ0v) is 12.7. The van der Waals surface area contributed by atoms with Gasteiger partial charge in [0.25, 0.3) is 0 Å². The fourth-order valence-corrected chi connectivity index (χ4v) is 3.45. The molecular formula is C14H6Cl2FN3S. The second-order valence-corrected chi connectivity index (χ2v) is 6.36. The summed E-state index contributed by atoms with van der Waals surface area (Å²) in [6, 6.07) is 8.35. The summed E-state index contributed by atoms with van der Waals surface area (Å²) < 4.78 is 14.1. The summed E-state index contributed by atoms with van der Waals surface area (Å²) >= 11 is 13.3. The molecule has 0 atom stereocenters. The first-order valence-corrected chi connectivity index (χ1v) is 7.58. The lowest BCUT2D eigenvalue weighted by Gasteiger charge is -1.92. The van der Waals surface area contributed by atoms with Gasteiger partial charge in [0, 0.05) is 4.70 Å². The number of nitrogens with one attached hydrogen (secondary N) is 1. The number of aromatic nitrogens is 3. The molecule has 0 fully saturated rings. The van der Waals surface area contributed by atoms with E-state index in [4.69, 9.17) is 23.2 Å². The number of thiophene rings is 1. The average molecular weight is 338 g/mol. The summed E-state index contributed by atoms with van der Waals surface area (Å²) in [6.45, 7) is 0. The lowest BCUT2D eigenvalue weighted by atomic mass is 10.2. The number of H-pyrrole nitrogens is 1. The molecule has 3 heterocycles. The van der Waals surface area contributed by atoms with E-state index in [-0.39, 0.29) is 11.0 Å². The number of hydrogen-bond donors (Lipinski definition) is 1. The first-order valence-electron chi connectivity index (χ1n) is 6.01. The van der Waals surface area contributed by atoms with Crippen molar-refractivity contribution in [3.05, 3.63) is 46.3 Å². The minimum absolute atomic E-state index is 0.223. The van der Waals surface area contributed by atoms with Gasteiger partial charge in [-0.3, -0.25) is 0 Å². The van der Waals surface area contributed by atoms with E-state index in [2.05, 4.69) is 15.0 Å². The fourth-order valence-electron chi connectivity index (χ4n) is 2.13. The summed E-state index contributed by atoms with van der Waals surface area (Å²) in [5.41, 5.74) is 1.21. The lowest BCUT2D eigenvalue weighted by Crippen LogP contribution is -1.79. The fraction of sp³-hybridized carbons (Fsp3) is 0. The summed E-state index contributed by atoms with van der Waals surface area (Å²) in [5.74, 6) is 0.415. The molecule has 0 bridgehead atoms. The zero-order chi connectivity index (χ0) is 14.6. The minimum atomic E-state index is -0.249. The van der Waals surface area contributed by atoms with Crippen molar-refractivity contribution in [3.63, 3.8) is 0 Å². The molecule has 0 unspecified atom stereocenters. The molecule has 0 spiro atoms. The molecule has 1 aromatic carbocycles. The van der Waals surface area contributed by atoms with Crippen molar-refractivity contribution in [2.45, 2.75) is 0 Å². The smallest absolute Gasteiger partial charge is 0.179 e. The van der Waals surface area contributed by atoms with E-state index in [9.17, 15) is 4.39 Å². The summed E-state index contributed by atoms with van der Waals surface area (Å²) in [5, 5.41) is 1.57. The van der Waals surface area contributed by atoms with E-state index in [1.165, 1.54) is 23.5 Å². The van der Waals surface area contributed by atoms with Crippen molar-refractivity contribution >= 4 is 55.8 Å². The van der Waals surface area contributed by atoms with Crippen molar-refractivity contribution in [2.75, 3.05) is 0 Å². The topological polar surface area (TPSA) is 41.6 Å². The van der Waals surface area contributed by atoms with E-state index < -0.39 is 0 Å². The van der Waals surface area contributed by atoms with Crippen LogP contribution in [-0.2, 0) is 0 Å². The van der Waals surface area contributed by atoms with E-state index in [1.54, 1.807) is 12.1 Å². The summed E-state index contributed by atoms with van der Waals surface area (Å²) in [4.78, 5) is 12.6. The molecule has 0 saturated carbocycles. The first-order chi connectivity index (χ1) is 10.1. The molecule has 4 aromatic rings. The number of aromatic amines is 1. The number of imidazole rings is 1. The number of nitrogens with zero attached hydrogens (tertiary/aromatic N) is 2. The van der Waals surface area contributed by atoms with Crippen LogP contribution in [0.15, 0.2) is 30.3 Å².